The number of imidazole rings is 1. The van der Waals surface area contributed by atoms with Crippen molar-refractivity contribution in [2.75, 3.05) is 19.6 Å². The van der Waals surface area contributed by atoms with Crippen LogP contribution in [0.15, 0.2) is 54.6 Å². The van der Waals surface area contributed by atoms with Crippen molar-refractivity contribution in [3.63, 3.8) is 0 Å². The highest BCUT2D eigenvalue weighted by Gasteiger charge is 2.20. The van der Waals surface area contributed by atoms with Crippen molar-refractivity contribution in [2.24, 2.45) is 0 Å². The van der Waals surface area contributed by atoms with E-state index in [-0.39, 0.29) is 11.8 Å². The van der Waals surface area contributed by atoms with Crippen LogP contribution < -0.4 is 5.32 Å². The molecule has 30 heavy (non-hydrogen) atoms. The molecule has 0 spiro atoms. The number of aromatic nitrogens is 2. The molecule has 1 fully saturated rings. The maximum atomic E-state index is 12.7. The van der Waals surface area contributed by atoms with Crippen LogP contribution in [-0.4, -0.2) is 45.9 Å². The zero-order valence-corrected chi connectivity index (χ0v) is 17.2. The Morgan fingerprint density at radius 1 is 0.967 bits per heavy atom. The number of likely N-dealkylation sites (tertiary alicyclic amines) is 1. The predicted molar refractivity (Wildman–Crippen MR) is 117 cm³/mol. The van der Waals surface area contributed by atoms with Gasteiger partial charge in [0.2, 0.25) is 11.8 Å². The summed E-state index contributed by atoms with van der Waals surface area (Å²) in [6, 6.07) is 17.7. The molecule has 1 aromatic heterocycles. The minimum absolute atomic E-state index is 0.0268. The molecule has 0 bridgehead atoms. The zero-order valence-electron chi connectivity index (χ0n) is 17.2. The Bertz CT molecular complexity index is 1010. The first kappa shape index (κ1) is 20.1. The quantitative estimate of drug-likeness (QED) is 0.587. The third kappa shape index (κ3) is 4.87. The second-order valence-electron chi connectivity index (χ2n) is 7.81. The number of rotatable bonds is 8. The highest BCUT2D eigenvalue weighted by atomic mass is 16.2. The molecule has 0 atom stereocenters. The van der Waals surface area contributed by atoms with Crippen molar-refractivity contribution in [1.29, 1.82) is 0 Å². The monoisotopic (exact) mass is 404 g/mol. The maximum absolute atomic E-state index is 12.7. The van der Waals surface area contributed by atoms with Gasteiger partial charge in [-0.3, -0.25) is 9.59 Å². The SMILES string of the molecule is O=C(Cc1ccccc1)NCCCc1nc2ccccc2n1CC(=O)N1CCCC1. The molecule has 2 amide bonds. The van der Waals surface area contributed by atoms with Crippen molar-refractivity contribution in [3.8, 4) is 0 Å². The van der Waals surface area contributed by atoms with E-state index in [0.29, 0.717) is 25.9 Å². The van der Waals surface area contributed by atoms with Gasteiger partial charge in [-0.25, -0.2) is 4.98 Å². The van der Waals surface area contributed by atoms with Crippen molar-refractivity contribution < 1.29 is 9.59 Å². The Morgan fingerprint density at radius 3 is 2.50 bits per heavy atom. The molecule has 156 valence electrons. The minimum Gasteiger partial charge on any atom is -0.356 e. The van der Waals surface area contributed by atoms with Crippen LogP contribution in [0.25, 0.3) is 11.0 Å². The second kappa shape index (κ2) is 9.57. The van der Waals surface area contributed by atoms with E-state index in [2.05, 4.69) is 5.32 Å². The summed E-state index contributed by atoms with van der Waals surface area (Å²) in [6.45, 7) is 2.63. The molecular weight excluding hydrogens is 376 g/mol. The number of carbonyl (C=O) groups is 2. The third-order valence-corrected chi connectivity index (χ3v) is 5.59. The lowest BCUT2D eigenvalue weighted by Crippen LogP contribution is -2.31. The first-order chi connectivity index (χ1) is 14.7. The van der Waals surface area contributed by atoms with E-state index in [0.717, 1.165) is 54.8 Å². The number of para-hydroxylation sites is 2. The molecular formula is C24H28N4O2. The molecule has 2 aromatic carbocycles. The second-order valence-corrected chi connectivity index (χ2v) is 7.81. The van der Waals surface area contributed by atoms with Crippen LogP contribution in [-0.2, 0) is 29.0 Å². The van der Waals surface area contributed by atoms with Gasteiger partial charge < -0.3 is 14.8 Å². The lowest BCUT2D eigenvalue weighted by molar-refractivity contribution is -0.130. The van der Waals surface area contributed by atoms with Crippen molar-refractivity contribution in [1.82, 2.24) is 19.8 Å². The Labute approximate surface area is 176 Å². The van der Waals surface area contributed by atoms with E-state index < -0.39 is 0 Å². The Morgan fingerprint density at radius 2 is 1.70 bits per heavy atom. The van der Waals surface area contributed by atoms with E-state index >= 15 is 0 Å². The molecule has 1 saturated heterocycles. The highest BCUT2D eigenvalue weighted by Crippen LogP contribution is 2.18. The number of carbonyl (C=O) groups excluding carboxylic acids is 2. The van der Waals surface area contributed by atoms with Gasteiger partial charge in [0.25, 0.3) is 0 Å². The van der Waals surface area contributed by atoms with Crippen LogP contribution in [0, 0.1) is 0 Å². The first-order valence-electron chi connectivity index (χ1n) is 10.7. The standard InChI is InChI=1S/C24H28N4O2/c29-23(17-19-9-2-1-3-10-19)25-14-8-13-22-26-20-11-4-5-12-21(20)28(22)18-24(30)27-15-6-7-16-27/h1-5,9-12H,6-8,13-18H2,(H,25,29). The number of nitrogens with one attached hydrogen (secondary N) is 1. The van der Waals surface area contributed by atoms with Gasteiger partial charge in [-0.05, 0) is 37.0 Å². The number of fused-ring (bicyclic) bond motifs is 1. The Kier molecular flexibility index (Phi) is 6.42. The lowest BCUT2D eigenvalue weighted by atomic mass is 10.1. The molecule has 6 nitrogen and oxygen atoms in total. The molecule has 6 heteroatoms. The summed E-state index contributed by atoms with van der Waals surface area (Å²) in [7, 11) is 0. The van der Waals surface area contributed by atoms with Crippen LogP contribution >= 0.6 is 0 Å². The third-order valence-electron chi connectivity index (χ3n) is 5.59. The molecule has 0 radical (unpaired) electrons. The fourth-order valence-corrected chi connectivity index (χ4v) is 4.01. The Hall–Kier alpha value is -3.15. The van der Waals surface area contributed by atoms with E-state index in [4.69, 9.17) is 4.98 Å². The van der Waals surface area contributed by atoms with Crippen LogP contribution in [0.5, 0.6) is 0 Å². The van der Waals surface area contributed by atoms with Gasteiger partial charge in [-0.1, -0.05) is 42.5 Å². The van der Waals surface area contributed by atoms with Gasteiger partial charge in [0, 0.05) is 26.1 Å². The summed E-state index contributed by atoms with van der Waals surface area (Å²) in [5, 5.41) is 2.99. The molecule has 1 N–H and O–H groups in total. The zero-order chi connectivity index (χ0) is 20.8. The van der Waals surface area contributed by atoms with E-state index in [1.807, 2.05) is 64.1 Å². The average molecular weight is 405 g/mol. The lowest BCUT2D eigenvalue weighted by Gasteiger charge is -2.17. The number of nitrogens with zero attached hydrogens (tertiary/aromatic N) is 3. The topological polar surface area (TPSA) is 67.2 Å². The average Bonchev–Trinajstić information content (AvgIpc) is 3.41. The number of benzene rings is 2. The molecule has 1 aliphatic rings. The smallest absolute Gasteiger partial charge is 0.242 e. The summed E-state index contributed by atoms with van der Waals surface area (Å²) in [5.41, 5.74) is 2.92. The van der Waals surface area contributed by atoms with Crippen molar-refractivity contribution in [3.05, 3.63) is 66.0 Å². The fourth-order valence-electron chi connectivity index (χ4n) is 4.01. The van der Waals surface area contributed by atoms with Gasteiger partial charge in [-0.2, -0.15) is 0 Å². The number of aryl methyl sites for hydroxylation is 1. The van der Waals surface area contributed by atoms with Crippen LogP contribution in [0.4, 0.5) is 0 Å². The van der Waals surface area contributed by atoms with Crippen molar-refractivity contribution in [2.45, 2.75) is 38.6 Å². The summed E-state index contributed by atoms with van der Waals surface area (Å²) in [6.07, 6.45) is 4.07. The van der Waals surface area contributed by atoms with Gasteiger partial charge in [0.05, 0.1) is 17.5 Å². The Balaban J connectivity index is 1.36. The normalized spacial score (nSPS) is 13.7. The number of hydrogen-bond acceptors (Lipinski definition) is 3. The van der Waals surface area contributed by atoms with Crippen LogP contribution in [0.2, 0.25) is 0 Å². The van der Waals surface area contributed by atoms with Gasteiger partial charge in [0.15, 0.2) is 0 Å². The van der Waals surface area contributed by atoms with Crippen LogP contribution in [0.3, 0.4) is 0 Å². The molecule has 4 rings (SSSR count). The molecule has 0 unspecified atom stereocenters. The summed E-state index contributed by atoms with van der Waals surface area (Å²) >= 11 is 0. The van der Waals surface area contributed by atoms with Crippen molar-refractivity contribution >= 4 is 22.8 Å². The molecule has 1 aliphatic heterocycles. The molecule has 0 aliphatic carbocycles. The number of hydrogen-bond donors (Lipinski definition) is 1. The summed E-state index contributed by atoms with van der Waals surface area (Å²) in [5.74, 6) is 1.09. The van der Waals surface area contributed by atoms with E-state index in [1.54, 1.807) is 0 Å². The highest BCUT2D eigenvalue weighted by molar-refractivity contribution is 5.81. The number of amides is 2. The maximum Gasteiger partial charge on any atom is 0.242 e. The van der Waals surface area contributed by atoms with Crippen LogP contribution in [0.1, 0.15) is 30.7 Å². The molecule has 2 heterocycles. The van der Waals surface area contributed by atoms with E-state index in [9.17, 15) is 9.59 Å². The van der Waals surface area contributed by atoms with Gasteiger partial charge >= 0.3 is 0 Å². The van der Waals surface area contributed by atoms with E-state index in [1.165, 1.54) is 0 Å². The molecule has 0 saturated carbocycles. The minimum atomic E-state index is 0.0268. The van der Waals surface area contributed by atoms with Gasteiger partial charge in [-0.15, -0.1) is 0 Å². The largest absolute Gasteiger partial charge is 0.356 e. The fraction of sp³-hybridized carbons (Fsp3) is 0.375. The predicted octanol–water partition coefficient (Wildman–Crippen LogP) is 2.95. The van der Waals surface area contributed by atoms with Gasteiger partial charge in [0.1, 0.15) is 12.4 Å². The first-order valence-corrected chi connectivity index (χ1v) is 10.7. The summed E-state index contributed by atoms with van der Waals surface area (Å²) in [4.78, 5) is 31.6. The summed E-state index contributed by atoms with van der Waals surface area (Å²) < 4.78 is 2.04. The molecule has 3 aromatic rings.